The van der Waals surface area contributed by atoms with Gasteiger partial charge >= 0.3 is 11.9 Å². The molecule has 1 aliphatic rings. The highest BCUT2D eigenvalue weighted by atomic mass is 16.5. The van der Waals surface area contributed by atoms with Crippen molar-refractivity contribution < 1.29 is 19.1 Å². The van der Waals surface area contributed by atoms with Crippen molar-refractivity contribution in [3.8, 4) is 11.5 Å². The zero-order valence-corrected chi connectivity index (χ0v) is 18.5. The molecule has 4 nitrogen and oxygen atoms in total. The van der Waals surface area contributed by atoms with Crippen LogP contribution in [0.15, 0.2) is 115 Å². The van der Waals surface area contributed by atoms with Gasteiger partial charge in [-0.3, -0.25) is 9.59 Å². The lowest BCUT2D eigenvalue weighted by molar-refractivity contribution is -0.141. The minimum atomic E-state index is -0.566. The summed E-state index contributed by atoms with van der Waals surface area (Å²) in [6.07, 6.45) is 0.0732. The summed E-state index contributed by atoms with van der Waals surface area (Å²) in [6.45, 7) is 0. The van der Waals surface area contributed by atoms with E-state index in [1.165, 1.54) is 0 Å². The van der Waals surface area contributed by atoms with Crippen LogP contribution >= 0.6 is 0 Å². The standard InChI is InChI=1S/C30H24O4/c31-27(33-22-14-6-2-7-15-22)20-26-24-18-10-11-19-25(24)28(21-12-4-1-5-13-21)29(26)30(32)34-23-16-8-3-9-17-23/h1-19,26,28-29H,20H2/t26-,28+,29+/m1/s1. The second-order valence-corrected chi connectivity index (χ2v) is 8.37. The second kappa shape index (κ2) is 9.75. The number of ether oxygens (including phenoxy) is 2. The fourth-order valence-corrected chi connectivity index (χ4v) is 4.85. The van der Waals surface area contributed by atoms with E-state index in [0.717, 1.165) is 16.7 Å². The molecule has 0 radical (unpaired) electrons. The summed E-state index contributed by atoms with van der Waals surface area (Å²) in [5.74, 6) is -0.908. The molecular formula is C30H24O4. The molecule has 168 valence electrons. The Morgan fingerprint density at radius 1 is 0.588 bits per heavy atom. The van der Waals surface area contributed by atoms with Crippen molar-refractivity contribution in [1.29, 1.82) is 0 Å². The average Bonchev–Trinajstić information content (AvgIpc) is 3.20. The van der Waals surface area contributed by atoms with Gasteiger partial charge in [-0.05, 0) is 41.0 Å². The zero-order chi connectivity index (χ0) is 23.3. The van der Waals surface area contributed by atoms with Crippen molar-refractivity contribution >= 4 is 11.9 Å². The topological polar surface area (TPSA) is 52.6 Å². The Balaban J connectivity index is 1.51. The fourth-order valence-electron chi connectivity index (χ4n) is 4.85. The van der Waals surface area contributed by atoms with Gasteiger partial charge in [0.15, 0.2) is 0 Å². The molecular weight excluding hydrogens is 424 g/mol. The maximum Gasteiger partial charge on any atom is 0.315 e. The van der Waals surface area contributed by atoms with E-state index >= 15 is 0 Å². The van der Waals surface area contributed by atoms with E-state index in [2.05, 4.69) is 0 Å². The Morgan fingerprint density at radius 3 is 1.71 bits per heavy atom. The minimum Gasteiger partial charge on any atom is -0.427 e. The minimum absolute atomic E-state index is 0.0732. The van der Waals surface area contributed by atoms with Gasteiger partial charge < -0.3 is 9.47 Å². The van der Waals surface area contributed by atoms with Crippen LogP contribution in [-0.2, 0) is 9.59 Å². The quantitative estimate of drug-likeness (QED) is 0.263. The van der Waals surface area contributed by atoms with Crippen molar-refractivity contribution in [2.75, 3.05) is 0 Å². The maximum atomic E-state index is 13.6. The molecule has 0 fully saturated rings. The van der Waals surface area contributed by atoms with Crippen molar-refractivity contribution in [2.24, 2.45) is 5.92 Å². The van der Waals surface area contributed by atoms with Crippen LogP contribution in [0.25, 0.3) is 0 Å². The van der Waals surface area contributed by atoms with Crippen LogP contribution in [0.1, 0.15) is 34.9 Å². The zero-order valence-electron chi connectivity index (χ0n) is 18.5. The van der Waals surface area contributed by atoms with Crippen LogP contribution in [0.3, 0.4) is 0 Å². The normalized spacial score (nSPS) is 18.6. The van der Waals surface area contributed by atoms with Crippen LogP contribution in [0.2, 0.25) is 0 Å². The number of para-hydroxylation sites is 2. The summed E-state index contributed by atoms with van der Waals surface area (Å²) in [6, 6.07) is 35.9. The van der Waals surface area contributed by atoms with E-state index < -0.39 is 5.92 Å². The van der Waals surface area contributed by atoms with Crippen LogP contribution in [0.5, 0.6) is 11.5 Å². The van der Waals surface area contributed by atoms with Gasteiger partial charge in [0.2, 0.25) is 0 Å². The molecule has 0 saturated heterocycles. The molecule has 0 unspecified atom stereocenters. The Bertz CT molecular complexity index is 1270. The van der Waals surface area contributed by atoms with Crippen molar-refractivity contribution in [3.63, 3.8) is 0 Å². The number of fused-ring (bicyclic) bond motifs is 1. The number of hydrogen-bond donors (Lipinski definition) is 0. The number of carbonyl (C=O) groups excluding carboxylic acids is 2. The Kier molecular flexibility index (Phi) is 6.21. The highest BCUT2D eigenvalue weighted by molar-refractivity contribution is 5.82. The van der Waals surface area contributed by atoms with Gasteiger partial charge in [-0.1, -0.05) is 91.0 Å². The molecule has 0 spiro atoms. The molecule has 0 aromatic heterocycles. The van der Waals surface area contributed by atoms with Gasteiger partial charge in [-0.2, -0.15) is 0 Å². The van der Waals surface area contributed by atoms with Crippen molar-refractivity contribution in [3.05, 3.63) is 132 Å². The molecule has 5 rings (SSSR count). The van der Waals surface area contributed by atoms with Crippen LogP contribution < -0.4 is 9.47 Å². The first-order chi connectivity index (χ1) is 16.7. The largest absolute Gasteiger partial charge is 0.427 e. The fraction of sp³-hybridized carbons (Fsp3) is 0.133. The van der Waals surface area contributed by atoms with Crippen LogP contribution in [0.4, 0.5) is 0 Å². The average molecular weight is 449 g/mol. The third-order valence-electron chi connectivity index (χ3n) is 6.28. The number of esters is 2. The van der Waals surface area contributed by atoms with E-state index in [9.17, 15) is 9.59 Å². The first-order valence-corrected chi connectivity index (χ1v) is 11.4. The lowest BCUT2D eigenvalue weighted by Crippen LogP contribution is -2.29. The van der Waals surface area contributed by atoms with Gasteiger partial charge in [-0.25, -0.2) is 0 Å². The van der Waals surface area contributed by atoms with E-state index in [1.54, 1.807) is 24.3 Å². The second-order valence-electron chi connectivity index (χ2n) is 8.37. The molecule has 0 amide bonds. The number of carbonyl (C=O) groups is 2. The summed E-state index contributed by atoms with van der Waals surface area (Å²) in [4.78, 5) is 26.6. The molecule has 3 atom stereocenters. The molecule has 0 aliphatic heterocycles. The molecule has 0 saturated carbocycles. The molecule has 0 bridgehead atoms. The van der Waals surface area contributed by atoms with Crippen molar-refractivity contribution in [1.82, 2.24) is 0 Å². The third kappa shape index (κ3) is 4.48. The van der Waals surface area contributed by atoms with Gasteiger partial charge in [0.05, 0.1) is 12.3 Å². The molecule has 0 N–H and O–H groups in total. The summed E-state index contributed by atoms with van der Waals surface area (Å²) >= 11 is 0. The predicted octanol–water partition coefficient (Wildman–Crippen LogP) is 6.13. The van der Waals surface area contributed by atoms with E-state index in [1.807, 2.05) is 91.0 Å². The predicted molar refractivity (Wildman–Crippen MR) is 130 cm³/mol. The molecule has 34 heavy (non-hydrogen) atoms. The highest BCUT2D eigenvalue weighted by Gasteiger charge is 2.47. The smallest absolute Gasteiger partial charge is 0.315 e. The van der Waals surface area contributed by atoms with Crippen LogP contribution in [-0.4, -0.2) is 11.9 Å². The summed E-state index contributed by atoms with van der Waals surface area (Å²) in [5.41, 5.74) is 3.04. The van der Waals surface area contributed by atoms with E-state index in [4.69, 9.17) is 9.47 Å². The Hall–Kier alpha value is -4.18. The van der Waals surface area contributed by atoms with Gasteiger partial charge in [0.25, 0.3) is 0 Å². The lowest BCUT2D eigenvalue weighted by Gasteiger charge is -2.24. The summed E-state index contributed by atoms with van der Waals surface area (Å²) in [5, 5.41) is 0. The third-order valence-corrected chi connectivity index (χ3v) is 6.28. The first-order valence-electron chi connectivity index (χ1n) is 11.4. The van der Waals surface area contributed by atoms with E-state index in [-0.39, 0.29) is 30.2 Å². The number of hydrogen-bond acceptors (Lipinski definition) is 4. The Labute approximate surface area is 198 Å². The number of benzene rings is 4. The first kappa shape index (κ1) is 21.7. The molecule has 0 heterocycles. The molecule has 4 aromatic carbocycles. The SMILES string of the molecule is O=C(C[C@@H]1c2ccccc2[C@H](c2ccccc2)[C@H]1C(=O)Oc1ccccc1)Oc1ccccc1. The molecule has 1 aliphatic carbocycles. The van der Waals surface area contributed by atoms with Gasteiger partial charge in [0.1, 0.15) is 11.5 Å². The molecule has 4 aromatic rings. The highest BCUT2D eigenvalue weighted by Crippen LogP contribution is 2.51. The van der Waals surface area contributed by atoms with Gasteiger partial charge in [-0.15, -0.1) is 0 Å². The summed E-state index contributed by atoms with van der Waals surface area (Å²) in [7, 11) is 0. The maximum absolute atomic E-state index is 13.6. The van der Waals surface area contributed by atoms with Crippen molar-refractivity contribution in [2.45, 2.75) is 18.3 Å². The summed E-state index contributed by atoms with van der Waals surface area (Å²) < 4.78 is 11.4. The van der Waals surface area contributed by atoms with Gasteiger partial charge in [0, 0.05) is 11.8 Å². The van der Waals surface area contributed by atoms with Crippen LogP contribution in [0, 0.1) is 5.92 Å². The Morgan fingerprint density at radius 2 is 1.09 bits per heavy atom. The lowest BCUT2D eigenvalue weighted by atomic mass is 9.81. The number of rotatable bonds is 6. The molecule has 4 heteroatoms. The van der Waals surface area contributed by atoms with E-state index in [0.29, 0.717) is 11.5 Å². The monoisotopic (exact) mass is 448 g/mol.